The van der Waals surface area contributed by atoms with E-state index in [9.17, 15) is 9.90 Å². The number of aromatic nitrogens is 1. The Morgan fingerprint density at radius 3 is 2.70 bits per heavy atom. The molecule has 1 aliphatic heterocycles. The summed E-state index contributed by atoms with van der Waals surface area (Å²) in [4.78, 5) is 19.0. The highest BCUT2D eigenvalue weighted by Crippen LogP contribution is 2.35. The second-order valence-electron chi connectivity index (χ2n) is 6.39. The summed E-state index contributed by atoms with van der Waals surface area (Å²) in [5, 5.41) is 12.9. The molecule has 0 radical (unpaired) electrons. The fourth-order valence-electron chi connectivity index (χ4n) is 2.68. The molecule has 2 aromatic rings. The molecule has 0 amide bonds. The number of benzene rings is 1. The molecule has 1 aliphatic rings. The van der Waals surface area contributed by atoms with Gasteiger partial charge in [-0.3, -0.25) is 4.98 Å². The van der Waals surface area contributed by atoms with Gasteiger partial charge < -0.3 is 14.7 Å². The lowest BCUT2D eigenvalue weighted by atomic mass is 10.3. The first-order valence-corrected chi connectivity index (χ1v) is 11.8. The second-order valence-corrected chi connectivity index (χ2v) is 9.27. The maximum Gasteiger partial charge on any atom is 0.371 e. The third-order valence-corrected chi connectivity index (χ3v) is 7.39. The van der Waals surface area contributed by atoms with Gasteiger partial charge in [-0.25, -0.2) is 4.79 Å². The van der Waals surface area contributed by atoms with Crippen LogP contribution in [0.5, 0.6) is 0 Å². The lowest BCUT2D eigenvalue weighted by Gasteiger charge is -2.19. The monoisotopic (exact) mass is 482 g/mol. The smallest absolute Gasteiger partial charge is 0.371 e. The average Bonchev–Trinajstić information content (AvgIpc) is 3.12. The molecule has 1 N–H and O–H groups in total. The van der Waals surface area contributed by atoms with Crippen molar-refractivity contribution in [1.82, 2.24) is 9.88 Å². The van der Waals surface area contributed by atoms with Crippen LogP contribution in [-0.4, -0.2) is 40.0 Å². The van der Waals surface area contributed by atoms with Crippen molar-refractivity contribution in [2.75, 3.05) is 13.7 Å². The Bertz CT molecular complexity index is 949. The summed E-state index contributed by atoms with van der Waals surface area (Å²) in [6.07, 6.45) is 4.15. The number of hydrogen-bond acceptors (Lipinski definition) is 6. The van der Waals surface area contributed by atoms with Gasteiger partial charge in [-0.2, -0.15) is 0 Å². The van der Waals surface area contributed by atoms with Gasteiger partial charge in [0.2, 0.25) is 5.76 Å². The predicted octanol–water partition coefficient (Wildman–Crippen LogP) is 5.99. The standard InChI is InChI=1S/C21H20Cl2N2O3S2/c1-25-9-11-29-19(25)8-10-28-18(21(26)27)12-14-4-2-5-15(24-14)13-30-20-16(22)6-3-7-17(20)23/h2-7,9,11-12,19H,8,10,13H2,1H3,(H,26,27)/b18-12+. The highest BCUT2D eigenvalue weighted by Gasteiger charge is 2.17. The molecule has 9 heteroatoms. The van der Waals surface area contributed by atoms with Gasteiger partial charge in [-0.05, 0) is 29.7 Å². The molecular formula is C21H20Cl2N2O3S2. The molecule has 5 nitrogen and oxygen atoms in total. The number of ether oxygens (including phenoxy) is 1. The molecule has 2 heterocycles. The van der Waals surface area contributed by atoms with Crippen LogP contribution in [0.1, 0.15) is 17.8 Å². The lowest BCUT2D eigenvalue weighted by Crippen LogP contribution is -2.21. The van der Waals surface area contributed by atoms with E-state index in [1.54, 1.807) is 36.0 Å². The summed E-state index contributed by atoms with van der Waals surface area (Å²) in [6, 6.07) is 10.8. The molecule has 1 aromatic carbocycles. The number of thioether (sulfide) groups is 2. The van der Waals surface area contributed by atoms with Crippen LogP contribution < -0.4 is 0 Å². The Kier molecular flexibility index (Phi) is 8.39. The summed E-state index contributed by atoms with van der Waals surface area (Å²) in [7, 11) is 1.98. The molecule has 0 aliphatic carbocycles. The lowest BCUT2D eigenvalue weighted by molar-refractivity contribution is -0.136. The fourth-order valence-corrected chi connectivity index (χ4v) is 5.21. The van der Waals surface area contributed by atoms with Crippen molar-refractivity contribution < 1.29 is 14.6 Å². The molecule has 1 unspecified atom stereocenters. The van der Waals surface area contributed by atoms with Gasteiger partial charge in [0, 0.05) is 36.4 Å². The van der Waals surface area contributed by atoms with Crippen LogP contribution in [0.25, 0.3) is 6.08 Å². The molecule has 0 saturated heterocycles. The van der Waals surface area contributed by atoms with Crippen molar-refractivity contribution >= 4 is 58.8 Å². The van der Waals surface area contributed by atoms with E-state index >= 15 is 0 Å². The average molecular weight is 483 g/mol. The van der Waals surface area contributed by atoms with Crippen molar-refractivity contribution in [2.45, 2.75) is 22.4 Å². The molecule has 30 heavy (non-hydrogen) atoms. The van der Waals surface area contributed by atoms with Crippen molar-refractivity contribution in [3.63, 3.8) is 0 Å². The maximum atomic E-state index is 11.6. The van der Waals surface area contributed by atoms with Gasteiger partial charge in [0.05, 0.1) is 33.4 Å². The predicted molar refractivity (Wildman–Crippen MR) is 125 cm³/mol. The van der Waals surface area contributed by atoms with E-state index in [2.05, 4.69) is 9.88 Å². The molecule has 0 fully saturated rings. The van der Waals surface area contributed by atoms with E-state index in [4.69, 9.17) is 27.9 Å². The van der Waals surface area contributed by atoms with Gasteiger partial charge >= 0.3 is 5.97 Å². The van der Waals surface area contributed by atoms with Crippen LogP contribution in [0, 0.1) is 0 Å². The Labute approximate surface area is 194 Å². The Morgan fingerprint density at radius 1 is 1.30 bits per heavy atom. The number of hydrogen-bond donors (Lipinski definition) is 1. The van der Waals surface area contributed by atoms with E-state index < -0.39 is 5.97 Å². The minimum absolute atomic E-state index is 0.125. The molecule has 3 rings (SSSR count). The highest BCUT2D eigenvalue weighted by atomic mass is 35.5. The van der Waals surface area contributed by atoms with E-state index in [1.807, 2.05) is 30.8 Å². The van der Waals surface area contributed by atoms with Gasteiger partial charge in [0.25, 0.3) is 0 Å². The largest absolute Gasteiger partial charge is 0.486 e. The molecule has 1 atom stereocenters. The van der Waals surface area contributed by atoms with Crippen molar-refractivity contribution in [3.05, 3.63) is 75.2 Å². The molecule has 1 aromatic heterocycles. The molecule has 0 bridgehead atoms. The number of nitrogens with zero attached hydrogens (tertiary/aromatic N) is 2. The Balaban J connectivity index is 1.63. The number of carboxylic acids is 1. The van der Waals surface area contributed by atoms with Crippen molar-refractivity contribution in [3.8, 4) is 0 Å². The zero-order valence-corrected chi connectivity index (χ0v) is 19.3. The van der Waals surface area contributed by atoms with E-state index in [1.165, 1.54) is 17.8 Å². The quantitative estimate of drug-likeness (QED) is 0.267. The number of pyridine rings is 1. The summed E-state index contributed by atoms with van der Waals surface area (Å²) in [5.74, 6) is -0.697. The number of aliphatic carboxylic acids is 1. The van der Waals surface area contributed by atoms with Crippen LogP contribution in [0.3, 0.4) is 0 Å². The number of rotatable bonds is 9. The van der Waals surface area contributed by atoms with Crippen LogP contribution in [-0.2, 0) is 15.3 Å². The first-order valence-electron chi connectivity index (χ1n) is 9.08. The summed E-state index contributed by atoms with van der Waals surface area (Å²) >= 11 is 15.6. The number of carbonyl (C=O) groups is 1. The van der Waals surface area contributed by atoms with Crippen LogP contribution >= 0.6 is 46.7 Å². The normalized spacial score (nSPS) is 16.2. The first-order chi connectivity index (χ1) is 14.4. The fraction of sp³-hybridized carbons (Fsp3) is 0.238. The zero-order chi connectivity index (χ0) is 21.5. The van der Waals surface area contributed by atoms with Crippen molar-refractivity contribution in [2.24, 2.45) is 0 Å². The highest BCUT2D eigenvalue weighted by molar-refractivity contribution is 8.02. The van der Waals surface area contributed by atoms with E-state index in [0.717, 1.165) is 10.6 Å². The third-order valence-electron chi connectivity index (χ3n) is 4.21. The second kappa shape index (κ2) is 11.0. The van der Waals surface area contributed by atoms with Gasteiger partial charge in [0.15, 0.2) is 0 Å². The minimum atomic E-state index is -1.12. The Morgan fingerprint density at radius 2 is 2.03 bits per heavy atom. The topological polar surface area (TPSA) is 62.7 Å². The van der Waals surface area contributed by atoms with Gasteiger partial charge in [0.1, 0.15) is 0 Å². The zero-order valence-electron chi connectivity index (χ0n) is 16.1. The first kappa shape index (κ1) is 22.9. The maximum absolute atomic E-state index is 11.6. The number of carboxylic acid groups (broad SMARTS) is 1. The minimum Gasteiger partial charge on any atom is -0.486 e. The van der Waals surface area contributed by atoms with Crippen LogP contribution in [0.15, 0.2) is 58.7 Å². The summed E-state index contributed by atoms with van der Waals surface area (Å²) < 4.78 is 5.53. The van der Waals surface area contributed by atoms with E-state index in [-0.39, 0.29) is 11.1 Å². The molecule has 0 saturated carbocycles. The van der Waals surface area contributed by atoms with Gasteiger partial charge in [-0.1, -0.05) is 35.3 Å². The summed E-state index contributed by atoms with van der Waals surface area (Å²) in [6.45, 7) is 0.308. The molecular weight excluding hydrogens is 463 g/mol. The van der Waals surface area contributed by atoms with Crippen molar-refractivity contribution in [1.29, 1.82) is 0 Å². The van der Waals surface area contributed by atoms with Gasteiger partial charge in [-0.15, -0.1) is 23.5 Å². The SMILES string of the molecule is CN1C=CSC1CCO/C(=C/c1cccc(CSc2c(Cl)cccc2Cl)n1)C(=O)O. The summed E-state index contributed by atoms with van der Waals surface area (Å²) in [5.41, 5.74) is 1.30. The van der Waals surface area contributed by atoms with E-state index in [0.29, 0.717) is 34.5 Å². The number of halogens is 2. The van der Waals surface area contributed by atoms with Crippen LogP contribution in [0.4, 0.5) is 0 Å². The molecule has 158 valence electrons. The third kappa shape index (κ3) is 6.35. The Hall–Kier alpha value is -1.80. The van der Waals surface area contributed by atoms with Crippen LogP contribution in [0.2, 0.25) is 10.0 Å². The molecule has 0 spiro atoms.